The predicted molar refractivity (Wildman–Crippen MR) is 59.7 cm³/mol. The predicted octanol–water partition coefficient (Wildman–Crippen LogP) is 2.02. The molecule has 0 bridgehead atoms. The summed E-state index contributed by atoms with van der Waals surface area (Å²) >= 11 is 5.69. The number of amides is 1. The molecular formula is C10H8ClN3O2. The van der Waals surface area contributed by atoms with Gasteiger partial charge in [-0.05, 0) is 18.2 Å². The van der Waals surface area contributed by atoms with E-state index in [-0.39, 0.29) is 16.7 Å². The summed E-state index contributed by atoms with van der Waals surface area (Å²) in [6.45, 7) is 0. The minimum Gasteiger partial charge on any atom is -0.506 e. The zero-order valence-corrected chi connectivity index (χ0v) is 8.82. The molecule has 0 unspecified atom stereocenters. The van der Waals surface area contributed by atoms with Crippen molar-refractivity contribution in [3.8, 4) is 5.75 Å². The van der Waals surface area contributed by atoms with Crippen LogP contribution in [0, 0.1) is 0 Å². The first kappa shape index (κ1) is 10.5. The van der Waals surface area contributed by atoms with Crippen molar-refractivity contribution < 1.29 is 9.90 Å². The van der Waals surface area contributed by atoms with E-state index in [2.05, 4.69) is 15.3 Å². The van der Waals surface area contributed by atoms with Crippen LogP contribution in [0.3, 0.4) is 0 Å². The van der Waals surface area contributed by atoms with Gasteiger partial charge in [0.15, 0.2) is 0 Å². The van der Waals surface area contributed by atoms with E-state index < -0.39 is 0 Å². The van der Waals surface area contributed by atoms with E-state index in [1.807, 2.05) is 0 Å². The Hall–Kier alpha value is -2.01. The first-order chi connectivity index (χ1) is 7.66. The largest absolute Gasteiger partial charge is 0.506 e. The second kappa shape index (κ2) is 4.24. The van der Waals surface area contributed by atoms with Gasteiger partial charge in [0.1, 0.15) is 5.75 Å². The molecule has 0 aliphatic heterocycles. The number of halogens is 1. The average Bonchev–Trinajstić information content (AvgIpc) is 2.74. The molecule has 0 saturated heterocycles. The molecule has 0 aliphatic rings. The number of carbonyl (C=O) groups is 1. The van der Waals surface area contributed by atoms with Gasteiger partial charge in [0.05, 0.1) is 5.02 Å². The van der Waals surface area contributed by atoms with Gasteiger partial charge in [-0.25, -0.2) is 4.98 Å². The average molecular weight is 238 g/mol. The number of H-pyrrole nitrogens is 1. The van der Waals surface area contributed by atoms with Crippen molar-refractivity contribution in [3.63, 3.8) is 0 Å². The summed E-state index contributed by atoms with van der Waals surface area (Å²) in [5.74, 6) is -0.0535. The van der Waals surface area contributed by atoms with Crippen LogP contribution >= 0.6 is 11.6 Å². The number of anilines is 1. The van der Waals surface area contributed by atoms with E-state index in [1.165, 1.54) is 24.4 Å². The Kier molecular flexibility index (Phi) is 2.78. The summed E-state index contributed by atoms with van der Waals surface area (Å²) < 4.78 is 0. The van der Waals surface area contributed by atoms with Crippen molar-refractivity contribution in [2.24, 2.45) is 0 Å². The zero-order chi connectivity index (χ0) is 11.5. The third kappa shape index (κ3) is 2.14. The van der Waals surface area contributed by atoms with Crippen LogP contribution in [0.2, 0.25) is 5.02 Å². The molecule has 3 N–H and O–H groups in total. The number of imidazole rings is 1. The van der Waals surface area contributed by atoms with Gasteiger partial charge in [-0.15, -0.1) is 0 Å². The normalized spacial score (nSPS) is 10.1. The summed E-state index contributed by atoms with van der Waals surface area (Å²) in [5, 5.41) is 11.9. The van der Waals surface area contributed by atoms with Gasteiger partial charge in [-0.2, -0.15) is 0 Å². The smallest absolute Gasteiger partial charge is 0.258 e. The quantitative estimate of drug-likeness (QED) is 0.748. The third-order valence-corrected chi connectivity index (χ3v) is 2.24. The Labute approximate surface area is 96.1 Å². The highest BCUT2D eigenvalue weighted by atomic mass is 35.5. The Balaban J connectivity index is 2.18. The number of phenolic OH excluding ortho intramolecular Hbond substituents is 1. The summed E-state index contributed by atoms with van der Waals surface area (Å²) in [6.07, 6.45) is 3.12. The molecular weight excluding hydrogens is 230 g/mol. The highest BCUT2D eigenvalue weighted by Gasteiger charge is 2.09. The van der Waals surface area contributed by atoms with E-state index >= 15 is 0 Å². The monoisotopic (exact) mass is 237 g/mol. The SMILES string of the molecule is O=C(Nc1ncc[nH]1)c1ccc(O)c(Cl)c1. The van der Waals surface area contributed by atoms with Crippen LogP contribution in [0.1, 0.15) is 10.4 Å². The summed E-state index contributed by atoms with van der Waals surface area (Å²) in [7, 11) is 0. The molecule has 0 fully saturated rings. The Bertz CT molecular complexity index is 511. The lowest BCUT2D eigenvalue weighted by Gasteiger charge is -2.03. The van der Waals surface area contributed by atoms with Crippen LogP contribution in [0.15, 0.2) is 30.6 Å². The molecule has 1 aromatic carbocycles. The highest BCUT2D eigenvalue weighted by Crippen LogP contribution is 2.23. The lowest BCUT2D eigenvalue weighted by atomic mass is 10.2. The van der Waals surface area contributed by atoms with E-state index in [9.17, 15) is 9.90 Å². The number of nitrogens with zero attached hydrogens (tertiary/aromatic N) is 1. The van der Waals surface area contributed by atoms with Crippen molar-refractivity contribution >= 4 is 23.5 Å². The van der Waals surface area contributed by atoms with Crippen molar-refractivity contribution in [1.29, 1.82) is 0 Å². The maximum Gasteiger partial charge on any atom is 0.258 e. The van der Waals surface area contributed by atoms with Crippen molar-refractivity contribution in [2.45, 2.75) is 0 Å². The number of aromatic amines is 1. The topological polar surface area (TPSA) is 78.0 Å². The molecule has 1 heterocycles. The molecule has 5 nitrogen and oxygen atoms in total. The second-order valence-corrected chi connectivity index (χ2v) is 3.47. The van der Waals surface area contributed by atoms with Gasteiger partial charge >= 0.3 is 0 Å². The lowest BCUT2D eigenvalue weighted by molar-refractivity contribution is 0.102. The molecule has 0 aliphatic carbocycles. The van der Waals surface area contributed by atoms with Crippen molar-refractivity contribution in [1.82, 2.24) is 9.97 Å². The molecule has 0 spiro atoms. The molecule has 2 rings (SSSR count). The number of nitrogens with one attached hydrogen (secondary N) is 2. The van der Waals surface area contributed by atoms with Crippen LogP contribution in [0.25, 0.3) is 0 Å². The molecule has 1 aromatic heterocycles. The third-order valence-electron chi connectivity index (χ3n) is 1.94. The van der Waals surface area contributed by atoms with Crippen LogP contribution in [0.5, 0.6) is 5.75 Å². The Morgan fingerprint density at radius 3 is 2.94 bits per heavy atom. The molecule has 0 radical (unpaired) electrons. The van der Waals surface area contributed by atoms with E-state index in [4.69, 9.17) is 11.6 Å². The van der Waals surface area contributed by atoms with Gasteiger partial charge in [0, 0.05) is 18.0 Å². The van der Waals surface area contributed by atoms with E-state index in [0.29, 0.717) is 11.5 Å². The maximum absolute atomic E-state index is 11.7. The fourth-order valence-corrected chi connectivity index (χ4v) is 1.34. The number of phenols is 1. The first-order valence-electron chi connectivity index (χ1n) is 4.46. The van der Waals surface area contributed by atoms with Crippen molar-refractivity contribution in [3.05, 3.63) is 41.2 Å². The van der Waals surface area contributed by atoms with Gasteiger partial charge in [-0.3, -0.25) is 10.1 Å². The standard InChI is InChI=1S/C10H8ClN3O2/c11-7-5-6(1-2-8(7)15)9(16)14-10-12-3-4-13-10/h1-5,15H,(H2,12,13,14,16). The van der Waals surface area contributed by atoms with E-state index in [1.54, 1.807) is 6.20 Å². The molecule has 0 saturated carbocycles. The minimum absolute atomic E-state index is 0.0591. The first-order valence-corrected chi connectivity index (χ1v) is 4.84. The molecule has 0 atom stereocenters. The van der Waals surface area contributed by atoms with Crippen LogP contribution < -0.4 is 5.32 Å². The number of aromatic hydroxyl groups is 1. The fraction of sp³-hybridized carbons (Fsp3) is 0. The van der Waals surface area contributed by atoms with E-state index in [0.717, 1.165) is 0 Å². The molecule has 82 valence electrons. The highest BCUT2D eigenvalue weighted by molar-refractivity contribution is 6.32. The number of carbonyl (C=O) groups excluding carboxylic acids is 1. The van der Waals surface area contributed by atoms with Gasteiger partial charge in [0.2, 0.25) is 5.95 Å². The number of hydrogen-bond acceptors (Lipinski definition) is 3. The maximum atomic E-state index is 11.7. The Morgan fingerprint density at radius 1 is 1.50 bits per heavy atom. The number of rotatable bonds is 2. The molecule has 6 heteroatoms. The number of benzene rings is 1. The van der Waals surface area contributed by atoms with Crippen LogP contribution in [-0.4, -0.2) is 21.0 Å². The summed E-state index contributed by atoms with van der Waals surface area (Å²) in [5.41, 5.74) is 0.346. The van der Waals surface area contributed by atoms with Crippen molar-refractivity contribution in [2.75, 3.05) is 5.32 Å². The van der Waals surface area contributed by atoms with Gasteiger partial charge in [-0.1, -0.05) is 11.6 Å². The number of aromatic nitrogens is 2. The lowest BCUT2D eigenvalue weighted by Crippen LogP contribution is -2.12. The van der Waals surface area contributed by atoms with Crippen LogP contribution in [-0.2, 0) is 0 Å². The summed E-state index contributed by atoms with van der Waals surface area (Å²) in [4.78, 5) is 18.3. The molecule has 2 aromatic rings. The van der Waals surface area contributed by atoms with Crippen LogP contribution in [0.4, 0.5) is 5.95 Å². The second-order valence-electron chi connectivity index (χ2n) is 3.06. The molecule has 1 amide bonds. The van der Waals surface area contributed by atoms with Gasteiger partial charge < -0.3 is 10.1 Å². The fourth-order valence-electron chi connectivity index (χ4n) is 1.16. The zero-order valence-electron chi connectivity index (χ0n) is 8.07. The molecule has 16 heavy (non-hydrogen) atoms. The van der Waals surface area contributed by atoms with Gasteiger partial charge in [0.25, 0.3) is 5.91 Å². The number of hydrogen-bond donors (Lipinski definition) is 3. The Morgan fingerprint density at radius 2 is 2.31 bits per heavy atom. The minimum atomic E-state index is -0.350. The summed E-state index contributed by atoms with van der Waals surface area (Å²) in [6, 6.07) is 4.22.